The van der Waals surface area contributed by atoms with E-state index in [1.54, 1.807) is 0 Å². The molecule has 0 radical (unpaired) electrons. The first kappa shape index (κ1) is 13.9. The molecule has 0 saturated heterocycles. The summed E-state index contributed by atoms with van der Waals surface area (Å²) in [5, 5.41) is 4.47. The molecule has 0 aromatic heterocycles. The van der Waals surface area contributed by atoms with E-state index in [9.17, 15) is 0 Å². The Labute approximate surface area is 116 Å². The second-order valence-electron chi connectivity index (χ2n) is 6.01. The summed E-state index contributed by atoms with van der Waals surface area (Å²) in [6.45, 7) is 7.78. The van der Waals surface area contributed by atoms with Crippen LogP contribution in [0.3, 0.4) is 0 Å². The van der Waals surface area contributed by atoms with Crippen LogP contribution in [0, 0.1) is 5.92 Å². The molecule has 1 fully saturated rings. The topological polar surface area (TPSA) is 12.0 Å². The molecule has 0 amide bonds. The van der Waals surface area contributed by atoms with Crippen LogP contribution >= 0.6 is 11.6 Å². The van der Waals surface area contributed by atoms with Crippen molar-refractivity contribution < 1.29 is 0 Å². The minimum absolute atomic E-state index is 0.315. The molecule has 0 atom stereocenters. The second kappa shape index (κ2) is 5.63. The van der Waals surface area contributed by atoms with Gasteiger partial charge < -0.3 is 5.32 Å². The summed E-state index contributed by atoms with van der Waals surface area (Å²) in [5.41, 5.74) is 1.73. The predicted octanol–water partition coefficient (Wildman–Crippen LogP) is 4.40. The molecule has 1 aromatic carbocycles. The summed E-state index contributed by atoms with van der Waals surface area (Å²) in [4.78, 5) is 0. The fourth-order valence-corrected chi connectivity index (χ4v) is 3.22. The van der Waals surface area contributed by atoms with Crippen molar-refractivity contribution in [1.82, 2.24) is 5.32 Å². The number of hydrogen-bond acceptors (Lipinski definition) is 1. The largest absolute Gasteiger partial charge is 0.314 e. The molecule has 1 aliphatic carbocycles. The van der Waals surface area contributed by atoms with Crippen molar-refractivity contribution in [2.45, 2.75) is 51.5 Å². The molecule has 0 bridgehead atoms. The maximum absolute atomic E-state index is 6.14. The minimum atomic E-state index is 0.315. The van der Waals surface area contributed by atoms with Crippen LogP contribution in [0.5, 0.6) is 0 Å². The lowest BCUT2D eigenvalue weighted by Gasteiger charge is -2.49. The maximum Gasteiger partial charge on any atom is 0.0408 e. The highest BCUT2D eigenvalue weighted by molar-refractivity contribution is 6.30. The summed E-state index contributed by atoms with van der Waals surface area (Å²) in [7, 11) is 0. The molecule has 2 rings (SSSR count). The Kier molecular flexibility index (Phi) is 4.34. The third kappa shape index (κ3) is 2.89. The Morgan fingerprint density at radius 2 is 2.11 bits per heavy atom. The quantitative estimate of drug-likeness (QED) is 0.832. The van der Waals surface area contributed by atoms with E-state index in [1.165, 1.54) is 24.8 Å². The molecule has 18 heavy (non-hydrogen) atoms. The zero-order valence-corrected chi connectivity index (χ0v) is 12.4. The molecule has 0 spiro atoms. The van der Waals surface area contributed by atoms with Gasteiger partial charge in [0.2, 0.25) is 0 Å². The number of rotatable bonds is 5. The van der Waals surface area contributed by atoms with Crippen LogP contribution < -0.4 is 5.32 Å². The van der Waals surface area contributed by atoms with Crippen LogP contribution in [-0.2, 0) is 5.41 Å². The summed E-state index contributed by atoms with van der Waals surface area (Å²) < 4.78 is 0. The molecular formula is C16H24ClN. The summed E-state index contributed by atoms with van der Waals surface area (Å²) >= 11 is 6.14. The third-order valence-electron chi connectivity index (χ3n) is 4.22. The van der Waals surface area contributed by atoms with Gasteiger partial charge in [0.15, 0.2) is 0 Å². The molecule has 2 heteroatoms. The molecule has 1 aromatic rings. The van der Waals surface area contributed by atoms with Crippen LogP contribution in [-0.4, -0.2) is 12.6 Å². The van der Waals surface area contributed by atoms with Crippen LogP contribution in [0.4, 0.5) is 0 Å². The van der Waals surface area contributed by atoms with E-state index in [0.29, 0.717) is 11.5 Å². The van der Waals surface area contributed by atoms with Crippen molar-refractivity contribution in [2.24, 2.45) is 5.92 Å². The van der Waals surface area contributed by atoms with Gasteiger partial charge in [0.25, 0.3) is 0 Å². The van der Waals surface area contributed by atoms with E-state index in [0.717, 1.165) is 17.5 Å². The molecule has 0 unspecified atom stereocenters. The van der Waals surface area contributed by atoms with Gasteiger partial charge >= 0.3 is 0 Å². The molecule has 0 heterocycles. The fraction of sp³-hybridized carbons (Fsp3) is 0.625. The molecular weight excluding hydrogens is 242 g/mol. The zero-order valence-electron chi connectivity index (χ0n) is 11.7. The fourth-order valence-electron chi connectivity index (χ4n) is 3.03. The Hall–Kier alpha value is -0.530. The molecule has 1 aliphatic rings. The molecule has 1 nitrogen and oxygen atoms in total. The van der Waals surface area contributed by atoms with Crippen LogP contribution in [0.1, 0.15) is 45.6 Å². The van der Waals surface area contributed by atoms with Crippen molar-refractivity contribution in [3.63, 3.8) is 0 Å². The first-order valence-electron chi connectivity index (χ1n) is 7.05. The number of halogens is 1. The van der Waals surface area contributed by atoms with Gasteiger partial charge in [0.1, 0.15) is 0 Å². The zero-order chi connectivity index (χ0) is 13.2. The Morgan fingerprint density at radius 3 is 2.67 bits per heavy atom. The van der Waals surface area contributed by atoms with E-state index in [-0.39, 0.29) is 0 Å². The summed E-state index contributed by atoms with van der Waals surface area (Å²) in [6.07, 6.45) is 3.89. The van der Waals surface area contributed by atoms with Crippen LogP contribution in [0.15, 0.2) is 24.3 Å². The van der Waals surface area contributed by atoms with Gasteiger partial charge in [-0.3, -0.25) is 0 Å². The average molecular weight is 266 g/mol. The normalized spacial score (nSPS) is 27.3. The second-order valence-corrected chi connectivity index (χ2v) is 6.45. The van der Waals surface area contributed by atoms with E-state index in [4.69, 9.17) is 11.6 Å². The maximum atomic E-state index is 6.14. The first-order chi connectivity index (χ1) is 8.55. The molecule has 1 N–H and O–H groups in total. The van der Waals surface area contributed by atoms with Gasteiger partial charge in [-0.1, -0.05) is 50.9 Å². The predicted molar refractivity (Wildman–Crippen MR) is 79.3 cm³/mol. The van der Waals surface area contributed by atoms with Gasteiger partial charge in [-0.15, -0.1) is 0 Å². The third-order valence-corrected chi connectivity index (χ3v) is 4.46. The molecule has 0 aliphatic heterocycles. The van der Waals surface area contributed by atoms with Crippen molar-refractivity contribution in [1.29, 1.82) is 0 Å². The Morgan fingerprint density at radius 1 is 1.39 bits per heavy atom. The monoisotopic (exact) mass is 265 g/mol. The molecule has 100 valence electrons. The Bertz CT molecular complexity index is 394. The number of benzene rings is 1. The van der Waals surface area contributed by atoms with Gasteiger partial charge in [-0.25, -0.2) is 0 Å². The first-order valence-corrected chi connectivity index (χ1v) is 7.43. The SMILES string of the molecule is CCC1CC(CNC(C)C)(c2cccc(Cl)c2)C1. The lowest BCUT2D eigenvalue weighted by atomic mass is 9.58. The highest BCUT2D eigenvalue weighted by Gasteiger charge is 2.44. The van der Waals surface area contributed by atoms with Crippen molar-refractivity contribution in [2.75, 3.05) is 6.54 Å². The average Bonchev–Trinajstić information content (AvgIpc) is 2.27. The summed E-state index contributed by atoms with van der Waals surface area (Å²) in [5.74, 6) is 0.887. The van der Waals surface area contributed by atoms with Gasteiger partial charge in [-0.2, -0.15) is 0 Å². The smallest absolute Gasteiger partial charge is 0.0408 e. The van der Waals surface area contributed by atoms with Gasteiger partial charge in [0.05, 0.1) is 0 Å². The highest BCUT2D eigenvalue weighted by Crippen LogP contribution is 2.49. The standard InChI is InChI=1S/C16H24ClN/c1-4-13-9-16(10-13,11-18-12(2)3)14-6-5-7-15(17)8-14/h5-8,12-13,18H,4,9-11H2,1-3H3. The van der Waals surface area contributed by atoms with Gasteiger partial charge in [-0.05, 0) is 36.5 Å². The van der Waals surface area contributed by atoms with E-state index in [2.05, 4.69) is 44.3 Å². The van der Waals surface area contributed by atoms with E-state index in [1.807, 2.05) is 6.07 Å². The van der Waals surface area contributed by atoms with Crippen molar-refractivity contribution >= 4 is 11.6 Å². The molecule has 1 saturated carbocycles. The lowest BCUT2D eigenvalue weighted by Crippen LogP contribution is -2.49. The van der Waals surface area contributed by atoms with Crippen molar-refractivity contribution in [3.05, 3.63) is 34.9 Å². The van der Waals surface area contributed by atoms with E-state index < -0.39 is 0 Å². The minimum Gasteiger partial charge on any atom is -0.314 e. The van der Waals surface area contributed by atoms with Gasteiger partial charge in [0, 0.05) is 23.0 Å². The Balaban J connectivity index is 2.15. The summed E-state index contributed by atoms with van der Waals surface area (Å²) in [6, 6.07) is 8.97. The number of nitrogens with one attached hydrogen (secondary N) is 1. The van der Waals surface area contributed by atoms with E-state index >= 15 is 0 Å². The lowest BCUT2D eigenvalue weighted by molar-refractivity contribution is 0.131. The van der Waals surface area contributed by atoms with Crippen LogP contribution in [0.2, 0.25) is 5.02 Å². The van der Waals surface area contributed by atoms with Crippen LogP contribution in [0.25, 0.3) is 0 Å². The number of hydrogen-bond donors (Lipinski definition) is 1. The highest BCUT2D eigenvalue weighted by atomic mass is 35.5. The van der Waals surface area contributed by atoms with Crippen molar-refractivity contribution in [3.8, 4) is 0 Å².